The number of hydrogen-bond acceptors (Lipinski definition) is 5. The highest BCUT2D eigenvalue weighted by atomic mass is 16.3. The van der Waals surface area contributed by atoms with Crippen molar-refractivity contribution in [3.63, 3.8) is 0 Å². The van der Waals surface area contributed by atoms with Crippen LogP contribution in [0.4, 0.5) is 0 Å². The zero-order valence-corrected chi connectivity index (χ0v) is 16.6. The van der Waals surface area contributed by atoms with Crippen molar-refractivity contribution >= 4 is 16.5 Å². The molecule has 5 N–H and O–H groups in total. The van der Waals surface area contributed by atoms with Gasteiger partial charge in [-0.15, -0.1) is 0 Å². The summed E-state index contributed by atoms with van der Waals surface area (Å²) in [5.74, 6) is 0.989. The van der Waals surface area contributed by atoms with Crippen LogP contribution in [-0.4, -0.2) is 49.6 Å². The monoisotopic (exact) mass is 401 g/mol. The number of rotatable bonds is 5. The molecule has 0 unspecified atom stereocenters. The van der Waals surface area contributed by atoms with E-state index in [0.717, 1.165) is 51.0 Å². The third-order valence-corrected chi connectivity index (χ3v) is 5.63. The van der Waals surface area contributed by atoms with Crippen LogP contribution in [0, 0.1) is 0 Å². The normalized spacial score (nSPS) is 16.3. The Bertz CT molecular complexity index is 1250. The van der Waals surface area contributed by atoms with E-state index in [2.05, 4.69) is 45.6 Å². The Morgan fingerprint density at radius 1 is 1.17 bits per heavy atom. The molecule has 1 aliphatic heterocycles. The van der Waals surface area contributed by atoms with E-state index in [1.54, 1.807) is 6.07 Å². The lowest BCUT2D eigenvalue weighted by atomic mass is 9.97. The lowest BCUT2D eigenvalue weighted by Crippen LogP contribution is -2.25. The van der Waals surface area contributed by atoms with Gasteiger partial charge in [-0.25, -0.2) is 4.98 Å². The van der Waals surface area contributed by atoms with Crippen LogP contribution in [0.15, 0.2) is 48.7 Å². The smallest absolute Gasteiger partial charge is 0.159 e. The Balaban J connectivity index is 1.50. The summed E-state index contributed by atoms with van der Waals surface area (Å²) in [5.41, 5.74) is 6.91. The molecule has 0 aliphatic carbocycles. The number of imidazole rings is 1. The number of nitrogens with one attached hydrogen (secondary N) is 3. The molecule has 7 heteroatoms. The number of phenols is 1. The van der Waals surface area contributed by atoms with Crippen LogP contribution in [0.5, 0.6) is 5.75 Å². The number of fused-ring (bicyclic) bond motifs is 1. The number of aliphatic hydroxyl groups excluding tert-OH is 1. The van der Waals surface area contributed by atoms with E-state index < -0.39 is 0 Å². The van der Waals surface area contributed by atoms with E-state index in [0.29, 0.717) is 12.4 Å². The lowest BCUT2D eigenvalue weighted by molar-refractivity contribution is 0.271. The summed E-state index contributed by atoms with van der Waals surface area (Å²) in [6, 6.07) is 11.7. The number of aromatic amines is 2. The summed E-state index contributed by atoms with van der Waals surface area (Å²) in [7, 11) is 0. The average molecular weight is 401 g/mol. The van der Waals surface area contributed by atoms with Gasteiger partial charge in [-0.3, -0.25) is 5.10 Å². The fourth-order valence-electron chi connectivity index (χ4n) is 4.02. The van der Waals surface area contributed by atoms with E-state index in [1.165, 1.54) is 0 Å². The van der Waals surface area contributed by atoms with Crippen LogP contribution in [0.3, 0.4) is 0 Å². The summed E-state index contributed by atoms with van der Waals surface area (Å²) < 4.78 is 0. The molecule has 30 heavy (non-hydrogen) atoms. The van der Waals surface area contributed by atoms with Crippen molar-refractivity contribution in [2.45, 2.75) is 19.4 Å². The molecule has 3 heterocycles. The van der Waals surface area contributed by atoms with Crippen molar-refractivity contribution in [2.24, 2.45) is 0 Å². The first-order chi connectivity index (χ1) is 14.7. The first-order valence-electron chi connectivity index (χ1n) is 10.1. The summed E-state index contributed by atoms with van der Waals surface area (Å²) in [6.07, 6.45) is 4.73. The van der Waals surface area contributed by atoms with Crippen LogP contribution in [0.1, 0.15) is 18.2 Å². The van der Waals surface area contributed by atoms with Crippen molar-refractivity contribution in [1.82, 2.24) is 25.5 Å². The van der Waals surface area contributed by atoms with E-state index >= 15 is 0 Å². The van der Waals surface area contributed by atoms with Gasteiger partial charge in [0, 0.05) is 24.2 Å². The van der Waals surface area contributed by atoms with Crippen molar-refractivity contribution in [3.8, 4) is 28.4 Å². The summed E-state index contributed by atoms with van der Waals surface area (Å²) in [4.78, 5) is 7.94. The highest BCUT2D eigenvalue weighted by Crippen LogP contribution is 2.32. The van der Waals surface area contributed by atoms with Gasteiger partial charge < -0.3 is 20.5 Å². The van der Waals surface area contributed by atoms with Gasteiger partial charge in [-0.1, -0.05) is 25.1 Å². The Morgan fingerprint density at radius 2 is 2.07 bits per heavy atom. The second-order valence-electron chi connectivity index (χ2n) is 7.52. The molecule has 0 radical (unpaired) electrons. The highest BCUT2D eigenvalue weighted by molar-refractivity contribution is 5.94. The molecule has 7 nitrogen and oxygen atoms in total. The molecule has 0 saturated carbocycles. The van der Waals surface area contributed by atoms with Crippen LogP contribution in [0.25, 0.3) is 39.1 Å². The van der Waals surface area contributed by atoms with Crippen molar-refractivity contribution in [3.05, 3.63) is 59.9 Å². The van der Waals surface area contributed by atoms with E-state index in [9.17, 15) is 10.2 Å². The second kappa shape index (κ2) is 7.44. The predicted molar refractivity (Wildman–Crippen MR) is 117 cm³/mol. The first kappa shape index (κ1) is 18.6. The SMILES string of the molecule is CCc1cc(O)ccc1-c1ccc2c(-c3nc(C4=C[C@H](CO)NC4)c[nH]3)n[nH]c2c1. The summed E-state index contributed by atoms with van der Waals surface area (Å²) in [5, 5.41) is 30.9. The Hall–Kier alpha value is -3.42. The number of nitrogens with zero attached hydrogens (tertiary/aromatic N) is 2. The maximum absolute atomic E-state index is 9.78. The highest BCUT2D eigenvalue weighted by Gasteiger charge is 2.19. The predicted octanol–water partition coefficient (Wildman–Crippen LogP) is 3.24. The molecule has 2 aromatic heterocycles. The maximum Gasteiger partial charge on any atom is 0.159 e. The molecule has 1 atom stereocenters. The minimum absolute atomic E-state index is 0.0160. The Labute approximate surface area is 173 Å². The van der Waals surface area contributed by atoms with Gasteiger partial charge in [0.2, 0.25) is 0 Å². The van der Waals surface area contributed by atoms with Gasteiger partial charge in [0.05, 0.1) is 17.8 Å². The first-order valence-corrected chi connectivity index (χ1v) is 10.1. The molecule has 1 aliphatic rings. The Kier molecular flexibility index (Phi) is 4.61. The van der Waals surface area contributed by atoms with Gasteiger partial charge in [0.15, 0.2) is 5.82 Å². The number of aliphatic hydroxyl groups is 1. The van der Waals surface area contributed by atoms with Crippen molar-refractivity contribution in [2.75, 3.05) is 13.2 Å². The third-order valence-electron chi connectivity index (χ3n) is 5.63. The Morgan fingerprint density at radius 3 is 2.87 bits per heavy atom. The number of aromatic nitrogens is 4. The van der Waals surface area contributed by atoms with E-state index in [4.69, 9.17) is 4.98 Å². The molecule has 0 saturated heterocycles. The van der Waals surface area contributed by atoms with Gasteiger partial charge in [0.1, 0.15) is 11.4 Å². The number of hydrogen-bond donors (Lipinski definition) is 5. The van der Waals surface area contributed by atoms with Gasteiger partial charge in [0.25, 0.3) is 0 Å². The molecule has 4 aromatic rings. The van der Waals surface area contributed by atoms with Crippen LogP contribution in [-0.2, 0) is 6.42 Å². The topological polar surface area (TPSA) is 110 Å². The summed E-state index contributed by atoms with van der Waals surface area (Å²) in [6.45, 7) is 2.85. The molecule has 152 valence electrons. The van der Waals surface area contributed by atoms with Crippen LogP contribution in [0.2, 0.25) is 0 Å². The molecular weight excluding hydrogens is 378 g/mol. The standard InChI is InChI=1S/C23H23N5O2/c1-2-13-8-17(30)4-6-18(13)14-3-5-19-20(9-14)27-28-22(19)23-25-11-21(26-23)15-7-16(12-29)24-10-15/h3-9,11,16,24,29-30H,2,10,12H2,1H3,(H,25,26)(H,27,28)/t16-/m1/s1. The van der Waals surface area contributed by atoms with Crippen molar-refractivity contribution < 1.29 is 10.2 Å². The quantitative estimate of drug-likeness (QED) is 0.353. The van der Waals surface area contributed by atoms with Gasteiger partial charge in [-0.05, 0) is 52.9 Å². The molecule has 0 spiro atoms. The molecule has 0 amide bonds. The largest absolute Gasteiger partial charge is 0.508 e. The molecule has 0 fully saturated rings. The number of phenolic OH excluding ortho intramolecular Hbond substituents is 1. The van der Waals surface area contributed by atoms with Gasteiger partial charge in [-0.2, -0.15) is 5.10 Å². The molecule has 2 aromatic carbocycles. The number of benzene rings is 2. The maximum atomic E-state index is 9.78. The zero-order chi connectivity index (χ0) is 20.7. The molecular formula is C23H23N5O2. The van der Waals surface area contributed by atoms with E-state index in [1.807, 2.05) is 24.4 Å². The third kappa shape index (κ3) is 3.18. The van der Waals surface area contributed by atoms with Gasteiger partial charge >= 0.3 is 0 Å². The van der Waals surface area contributed by atoms with E-state index in [-0.39, 0.29) is 18.4 Å². The number of aryl methyl sites for hydroxylation is 1. The number of H-pyrrole nitrogens is 2. The summed E-state index contributed by atoms with van der Waals surface area (Å²) >= 11 is 0. The minimum Gasteiger partial charge on any atom is -0.508 e. The molecule has 5 rings (SSSR count). The fraction of sp³-hybridized carbons (Fsp3) is 0.217. The number of aromatic hydroxyl groups is 1. The zero-order valence-electron chi connectivity index (χ0n) is 16.6. The second-order valence-corrected chi connectivity index (χ2v) is 7.52. The minimum atomic E-state index is -0.0160. The van der Waals surface area contributed by atoms with Crippen LogP contribution < -0.4 is 5.32 Å². The lowest BCUT2D eigenvalue weighted by Gasteiger charge is -2.09. The fourth-order valence-corrected chi connectivity index (χ4v) is 4.02. The van der Waals surface area contributed by atoms with Crippen LogP contribution >= 0.6 is 0 Å². The molecule has 0 bridgehead atoms. The average Bonchev–Trinajstić information content (AvgIpc) is 3.51. The van der Waals surface area contributed by atoms with Crippen molar-refractivity contribution in [1.29, 1.82) is 0 Å².